The fourth-order valence-electron chi connectivity index (χ4n) is 3.30. The van der Waals surface area contributed by atoms with Gasteiger partial charge in [0.2, 0.25) is 0 Å². The summed E-state index contributed by atoms with van der Waals surface area (Å²) in [7, 11) is 0.740. The summed E-state index contributed by atoms with van der Waals surface area (Å²) in [5, 5.41) is -4.12. The van der Waals surface area contributed by atoms with E-state index in [0.717, 1.165) is 3.28 Å². The van der Waals surface area contributed by atoms with Gasteiger partial charge < -0.3 is 0 Å². The van der Waals surface area contributed by atoms with Gasteiger partial charge in [0.25, 0.3) is 0 Å². The zero-order valence-electron chi connectivity index (χ0n) is 12.1. The van der Waals surface area contributed by atoms with Crippen molar-refractivity contribution in [3.05, 3.63) is 21.5 Å². The summed E-state index contributed by atoms with van der Waals surface area (Å²) in [5.41, 5.74) is 0. The van der Waals surface area contributed by atoms with Crippen molar-refractivity contribution in [3.63, 3.8) is 0 Å². The molecular formula is C11H23F3GeN3Zr. The molecule has 0 amide bonds. The van der Waals surface area contributed by atoms with Crippen molar-refractivity contribution in [1.29, 1.82) is 0 Å². The third kappa shape index (κ3) is 2.16. The maximum absolute atomic E-state index is 13.8. The summed E-state index contributed by atoms with van der Waals surface area (Å²) < 4.78 is 51.6. The summed E-state index contributed by atoms with van der Waals surface area (Å²) in [6.07, 6.45) is 6.22. The van der Waals surface area contributed by atoms with Gasteiger partial charge in [-0.25, -0.2) is 0 Å². The molecule has 1 aliphatic carbocycles. The summed E-state index contributed by atoms with van der Waals surface area (Å²) in [4.78, 5) is 0. The van der Waals surface area contributed by atoms with E-state index in [1.54, 1.807) is 21.1 Å². The molecule has 3 N–H and O–H groups in total. The Bertz CT molecular complexity index is 403. The van der Waals surface area contributed by atoms with Gasteiger partial charge in [0.1, 0.15) is 0 Å². The Balaban J connectivity index is 3.60. The summed E-state index contributed by atoms with van der Waals surface area (Å²) in [6.45, 7) is 0. The number of hydrogen-bond acceptors (Lipinski definition) is 3. The van der Waals surface area contributed by atoms with Crippen LogP contribution in [0.3, 0.4) is 0 Å². The number of alkyl halides is 3. The number of hydrogen-bond donors (Lipinski definition) is 3. The van der Waals surface area contributed by atoms with Gasteiger partial charge in [0.05, 0.1) is 0 Å². The first-order chi connectivity index (χ1) is 8.62. The fraction of sp³-hybridized carbons (Fsp3) is 0.636. The van der Waals surface area contributed by atoms with Crippen molar-refractivity contribution >= 4 is 9.48 Å². The standard InChI is InChI=1S/C5H5.C3H6F3Ge.3CH4N.Zr/c1-2-4-5-3-1;1-7(2)3(4,5)6;3*1-2;/h1-3H,4H2;1-2H3;3*2H,1H3;/q;;3*-1;+3. The van der Waals surface area contributed by atoms with Crippen LogP contribution in [0.15, 0.2) is 21.5 Å². The first-order valence-corrected chi connectivity index (χ1v) is 23.9. The first kappa shape index (κ1) is 17.6. The van der Waals surface area contributed by atoms with Crippen LogP contribution in [-0.4, -0.2) is 35.6 Å². The van der Waals surface area contributed by atoms with Gasteiger partial charge in [0, 0.05) is 0 Å². The molecule has 3 nitrogen and oxygen atoms in total. The van der Waals surface area contributed by atoms with E-state index in [9.17, 15) is 13.2 Å². The Kier molecular flexibility index (Phi) is 5.02. The van der Waals surface area contributed by atoms with E-state index in [0.29, 0.717) is 6.42 Å². The molecule has 111 valence electrons. The predicted molar refractivity (Wildman–Crippen MR) is 72.6 cm³/mol. The molecule has 0 fully saturated rings. The van der Waals surface area contributed by atoms with Crippen LogP contribution in [0.25, 0.3) is 0 Å². The van der Waals surface area contributed by atoms with Gasteiger partial charge in [0.15, 0.2) is 0 Å². The number of halogens is 3. The van der Waals surface area contributed by atoms with Crippen molar-refractivity contribution in [2.45, 2.75) is 22.9 Å². The molecule has 0 bridgehead atoms. The van der Waals surface area contributed by atoms with Crippen molar-refractivity contribution in [2.24, 2.45) is 0 Å². The number of rotatable bonds is 5. The SMILES string of the molecule is C[NH][Zr]([NH]C)([NH]C)([C]1=CC=CC1)[Ge]([CH3])([CH3])[C](F)(F)F. The molecule has 0 unspecified atom stereocenters. The van der Waals surface area contributed by atoms with Gasteiger partial charge in [-0.15, -0.1) is 0 Å². The molecule has 8 heteroatoms. The van der Waals surface area contributed by atoms with Crippen LogP contribution in [-0.2, 0) is 17.1 Å². The topological polar surface area (TPSA) is 36.1 Å². The van der Waals surface area contributed by atoms with Crippen LogP contribution >= 0.6 is 0 Å². The molecule has 0 saturated heterocycles. The Labute approximate surface area is 114 Å². The third-order valence-corrected chi connectivity index (χ3v) is 73.4. The Hall–Kier alpha value is 0.576. The second-order valence-electron chi connectivity index (χ2n) is 5.45. The quantitative estimate of drug-likeness (QED) is 0.600. The zero-order valence-corrected chi connectivity index (χ0v) is 16.6. The fourth-order valence-corrected chi connectivity index (χ4v) is 60.4. The van der Waals surface area contributed by atoms with Gasteiger partial charge in [-0.2, -0.15) is 0 Å². The van der Waals surface area contributed by atoms with E-state index in [1.165, 1.54) is 11.5 Å². The van der Waals surface area contributed by atoms with Gasteiger partial charge in [-0.3, -0.25) is 0 Å². The molecule has 0 saturated carbocycles. The first-order valence-electron chi connectivity index (χ1n) is 6.28. The van der Waals surface area contributed by atoms with Gasteiger partial charge in [-0.1, -0.05) is 0 Å². The third-order valence-electron chi connectivity index (χ3n) is 4.87. The molecule has 0 aromatic rings. The Morgan fingerprint density at radius 3 is 1.84 bits per heavy atom. The van der Waals surface area contributed by atoms with Crippen LogP contribution in [0.2, 0.25) is 11.5 Å². The molecule has 0 heterocycles. The van der Waals surface area contributed by atoms with E-state index in [2.05, 4.69) is 9.78 Å². The van der Waals surface area contributed by atoms with Crippen LogP contribution < -0.4 is 9.78 Å². The molecule has 0 atom stereocenters. The minimum absolute atomic E-state index is 0.596. The van der Waals surface area contributed by atoms with Crippen molar-refractivity contribution in [3.8, 4) is 0 Å². The molecule has 1 aliphatic rings. The molecule has 0 spiro atoms. The van der Waals surface area contributed by atoms with E-state index < -0.39 is 31.6 Å². The normalized spacial score (nSPS) is 19.2. The molecule has 0 aromatic heterocycles. The van der Waals surface area contributed by atoms with Crippen LogP contribution in [0, 0.1) is 0 Å². The molecule has 0 aromatic carbocycles. The van der Waals surface area contributed by atoms with Crippen molar-refractivity contribution in [1.82, 2.24) is 9.78 Å². The Morgan fingerprint density at radius 1 is 1.11 bits per heavy atom. The molecule has 19 heavy (non-hydrogen) atoms. The van der Waals surface area contributed by atoms with E-state index in [4.69, 9.17) is 0 Å². The van der Waals surface area contributed by atoms with Gasteiger partial charge >= 0.3 is 115 Å². The zero-order chi connectivity index (χ0) is 15.0. The molecule has 0 radical (unpaired) electrons. The average Bonchev–Trinajstić information content (AvgIpc) is 2.86. The minimum atomic E-state index is -4.67. The number of allylic oxidation sites excluding steroid dienone is 4. The van der Waals surface area contributed by atoms with Crippen LogP contribution in [0.5, 0.6) is 0 Å². The van der Waals surface area contributed by atoms with E-state index >= 15 is 0 Å². The summed E-state index contributed by atoms with van der Waals surface area (Å²) >= 11 is -4.67. The van der Waals surface area contributed by atoms with Crippen molar-refractivity contribution < 1.29 is 30.3 Å². The summed E-state index contributed by atoms with van der Waals surface area (Å²) in [6, 6.07) is 0. The Morgan fingerprint density at radius 2 is 1.58 bits per heavy atom. The predicted octanol–water partition coefficient (Wildman–Crippen LogP) is 2.23. The molecule has 0 aliphatic heterocycles. The second kappa shape index (κ2) is 5.41. The number of nitrogens with one attached hydrogen (secondary N) is 3. The maximum atomic E-state index is 13.8. The molecular weight excluding hydrogens is 395 g/mol. The van der Waals surface area contributed by atoms with Crippen LogP contribution in [0.1, 0.15) is 6.42 Å². The van der Waals surface area contributed by atoms with Crippen LogP contribution in [0.4, 0.5) is 13.2 Å². The second-order valence-corrected chi connectivity index (χ2v) is 53.2. The van der Waals surface area contributed by atoms with E-state index in [-0.39, 0.29) is 0 Å². The summed E-state index contributed by atoms with van der Waals surface area (Å²) in [5.74, 6) is 2.93. The van der Waals surface area contributed by atoms with Gasteiger partial charge in [-0.05, 0) is 0 Å². The van der Waals surface area contributed by atoms with Crippen molar-refractivity contribution in [2.75, 3.05) is 21.1 Å². The van der Waals surface area contributed by atoms with E-state index in [1.807, 2.05) is 18.2 Å². The average molecular weight is 418 g/mol. The monoisotopic (exact) mass is 418 g/mol. The molecule has 1 rings (SSSR count).